The number of aromatic amines is 1. The van der Waals surface area contributed by atoms with E-state index >= 15 is 0 Å². The Labute approximate surface area is 184 Å². The van der Waals surface area contributed by atoms with Gasteiger partial charge in [-0.2, -0.15) is 0 Å². The van der Waals surface area contributed by atoms with Crippen molar-refractivity contribution in [2.75, 3.05) is 11.4 Å². The first-order valence-corrected chi connectivity index (χ1v) is 10.5. The third kappa shape index (κ3) is 3.02. The second-order valence-corrected chi connectivity index (χ2v) is 8.06. The van der Waals surface area contributed by atoms with E-state index in [9.17, 15) is 9.59 Å². The number of halogens is 1. The van der Waals surface area contributed by atoms with Crippen molar-refractivity contribution in [3.63, 3.8) is 0 Å². The summed E-state index contributed by atoms with van der Waals surface area (Å²) in [5, 5.41) is 4.32. The number of nitrogens with one attached hydrogen (secondary N) is 2. The summed E-state index contributed by atoms with van der Waals surface area (Å²) in [4.78, 5) is 31.2. The lowest BCUT2D eigenvalue weighted by atomic mass is 10.0. The van der Waals surface area contributed by atoms with Gasteiger partial charge in [0, 0.05) is 58.3 Å². The number of benzene rings is 2. The molecule has 0 saturated carbocycles. The van der Waals surface area contributed by atoms with Crippen molar-refractivity contribution >= 4 is 39.8 Å². The number of H-pyrrole nitrogens is 1. The fraction of sp³-hybridized carbons (Fsp3) is 0.167. The molecule has 6 nitrogen and oxygen atoms in total. The lowest BCUT2D eigenvalue weighted by Gasteiger charge is -2.26. The minimum atomic E-state index is -0.219. The van der Waals surface area contributed by atoms with Crippen LogP contribution in [0.5, 0.6) is 0 Å². The lowest BCUT2D eigenvalue weighted by Crippen LogP contribution is -2.25. The molecule has 0 aliphatic carbocycles. The number of carbonyl (C=O) groups is 1. The first-order chi connectivity index (χ1) is 15.0. The number of anilines is 2. The zero-order chi connectivity index (χ0) is 21.7. The number of carbonyl (C=O) groups excluding carboxylic acids is 1. The van der Waals surface area contributed by atoms with E-state index in [1.807, 2.05) is 55.6 Å². The smallest absolute Gasteiger partial charge is 0.274 e. The van der Waals surface area contributed by atoms with Crippen LogP contribution < -0.4 is 15.8 Å². The van der Waals surface area contributed by atoms with Crippen LogP contribution in [0.2, 0.25) is 5.02 Å². The fourth-order valence-electron chi connectivity index (χ4n) is 4.33. The van der Waals surface area contributed by atoms with Gasteiger partial charge in [-0.15, -0.1) is 0 Å². The van der Waals surface area contributed by atoms with Gasteiger partial charge in [-0.3, -0.25) is 9.59 Å². The van der Waals surface area contributed by atoms with Crippen LogP contribution in [0.15, 0.2) is 59.5 Å². The molecule has 0 unspecified atom stereocenters. The van der Waals surface area contributed by atoms with Crippen molar-refractivity contribution in [2.45, 2.75) is 13.5 Å². The number of rotatable bonds is 3. The number of pyridine rings is 1. The molecule has 0 spiro atoms. The van der Waals surface area contributed by atoms with Gasteiger partial charge < -0.3 is 19.8 Å². The number of hydrogen-bond donors (Lipinski definition) is 2. The van der Waals surface area contributed by atoms with Gasteiger partial charge in [0.2, 0.25) is 0 Å². The molecule has 1 aliphatic rings. The van der Waals surface area contributed by atoms with Gasteiger partial charge in [-0.1, -0.05) is 29.8 Å². The summed E-state index contributed by atoms with van der Waals surface area (Å²) in [5.41, 5.74) is 5.39. The molecular weight excluding hydrogens is 412 g/mol. The second-order valence-electron chi connectivity index (χ2n) is 7.63. The van der Waals surface area contributed by atoms with Gasteiger partial charge >= 0.3 is 0 Å². The van der Waals surface area contributed by atoms with Crippen LogP contribution in [-0.2, 0) is 13.6 Å². The normalized spacial score (nSPS) is 12.5. The molecule has 1 aliphatic heterocycles. The van der Waals surface area contributed by atoms with E-state index in [0.717, 1.165) is 33.5 Å². The summed E-state index contributed by atoms with van der Waals surface area (Å²) in [6, 6.07) is 15.7. The number of fused-ring (bicyclic) bond motifs is 2. The number of para-hydroxylation sites is 1. The number of aryl methyl sites for hydroxylation is 1. The highest BCUT2D eigenvalue weighted by atomic mass is 35.5. The lowest BCUT2D eigenvalue weighted by molar-refractivity contribution is 0.0951. The van der Waals surface area contributed by atoms with Crippen molar-refractivity contribution in [1.82, 2.24) is 14.9 Å². The predicted octanol–water partition coefficient (Wildman–Crippen LogP) is 4.59. The first kappa shape index (κ1) is 19.5. The van der Waals surface area contributed by atoms with Crippen molar-refractivity contribution < 1.29 is 4.79 Å². The predicted molar refractivity (Wildman–Crippen MR) is 124 cm³/mol. The van der Waals surface area contributed by atoms with Crippen molar-refractivity contribution in [1.29, 1.82) is 0 Å². The van der Waals surface area contributed by atoms with Crippen molar-refractivity contribution in [3.8, 4) is 11.1 Å². The van der Waals surface area contributed by atoms with E-state index in [1.54, 1.807) is 11.6 Å². The van der Waals surface area contributed by atoms with Crippen molar-refractivity contribution in [3.05, 3.63) is 81.4 Å². The standard InChI is InChI=1S/C24H21ClN4O2/c1-3-26-23(30)21-18-13-29(15-10-8-14(25)9-11-15)19-7-5-4-6-16(19)17-12-28(2)24(31)22(27-21)20(17)18/h4-12,27H,3,13H2,1-2H3,(H,26,30). The van der Waals surface area contributed by atoms with Crippen LogP contribution in [-0.4, -0.2) is 22.0 Å². The summed E-state index contributed by atoms with van der Waals surface area (Å²) >= 11 is 6.13. The molecule has 1 amide bonds. The molecule has 2 aromatic carbocycles. The van der Waals surface area contributed by atoms with Crippen LogP contribution >= 0.6 is 11.6 Å². The molecule has 2 aromatic heterocycles. The van der Waals surface area contributed by atoms with Crippen LogP contribution in [0, 0.1) is 0 Å². The molecule has 0 radical (unpaired) electrons. The molecule has 3 heterocycles. The van der Waals surface area contributed by atoms with Crippen LogP contribution in [0.1, 0.15) is 23.0 Å². The van der Waals surface area contributed by atoms with E-state index < -0.39 is 0 Å². The Bertz CT molecular complexity index is 1390. The summed E-state index contributed by atoms with van der Waals surface area (Å²) in [7, 11) is 1.73. The maximum absolute atomic E-state index is 13.0. The molecule has 156 valence electrons. The summed E-state index contributed by atoms with van der Waals surface area (Å²) in [6.45, 7) is 2.81. The number of amides is 1. The molecule has 0 atom stereocenters. The first-order valence-electron chi connectivity index (χ1n) is 10.1. The number of nitrogens with zero attached hydrogens (tertiary/aromatic N) is 2. The van der Waals surface area contributed by atoms with Gasteiger partial charge in [0.25, 0.3) is 11.5 Å². The van der Waals surface area contributed by atoms with Gasteiger partial charge in [0.1, 0.15) is 11.2 Å². The summed E-state index contributed by atoms with van der Waals surface area (Å²) in [5.74, 6) is -0.219. The third-order valence-electron chi connectivity index (χ3n) is 5.73. The SMILES string of the molecule is CCNC(=O)c1[nH]c2c(=O)n(C)cc3c2c1CN(c1ccc(Cl)cc1)c1ccccc1-3. The highest BCUT2D eigenvalue weighted by Gasteiger charge is 2.29. The van der Waals surface area contributed by atoms with Crippen LogP contribution in [0.3, 0.4) is 0 Å². The highest BCUT2D eigenvalue weighted by molar-refractivity contribution is 6.30. The quantitative estimate of drug-likeness (QED) is 0.497. The molecule has 0 bridgehead atoms. The molecule has 4 aromatic rings. The largest absolute Gasteiger partial charge is 0.351 e. The minimum absolute atomic E-state index is 0.159. The Morgan fingerprint density at radius 1 is 1.13 bits per heavy atom. The van der Waals surface area contributed by atoms with Gasteiger partial charge in [0.15, 0.2) is 0 Å². The Morgan fingerprint density at radius 3 is 2.61 bits per heavy atom. The molecule has 0 saturated heterocycles. The Hall–Kier alpha value is -3.51. The zero-order valence-electron chi connectivity index (χ0n) is 17.2. The zero-order valence-corrected chi connectivity index (χ0v) is 18.0. The minimum Gasteiger partial charge on any atom is -0.351 e. The average molecular weight is 433 g/mol. The molecule has 2 N–H and O–H groups in total. The highest BCUT2D eigenvalue weighted by Crippen LogP contribution is 2.44. The van der Waals surface area contributed by atoms with E-state index in [1.165, 1.54) is 0 Å². The van der Waals surface area contributed by atoms with E-state index in [0.29, 0.717) is 29.3 Å². The van der Waals surface area contributed by atoms with Crippen molar-refractivity contribution in [2.24, 2.45) is 7.05 Å². The molecule has 0 fully saturated rings. The van der Waals surface area contributed by atoms with Crippen LogP contribution in [0.25, 0.3) is 22.0 Å². The van der Waals surface area contributed by atoms with Crippen LogP contribution in [0.4, 0.5) is 11.4 Å². The van der Waals surface area contributed by atoms with E-state index in [4.69, 9.17) is 11.6 Å². The average Bonchev–Trinajstić information content (AvgIpc) is 3.09. The Kier molecular flexibility index (Phi) is 4.59. The van der Waals surface area contributed by atoms with Gasteiger partial charge in [-0.05, 0) is 37.3 Å². The summed E-state index contributed by atoms with van der Waals surface area (Å²) in [6.07, 6.45) is 1.85. The maximum Gasteiger partial charge on any atom is 0.274 e. The van der Waals surface area contributed by atoms with Gasteiger partial charge in [-0.25, -0.2) is 0 Å². The molecule has 31 heavy (non-hydrogen) atoms. The Morgan fingerprint density at radius 2 is 1.87 bits per heavy atom. The third-order valence-corrected chi connectivity index (χ3v) is 5.99. The molecule has 7 heteroatoms. The molecule has 5 rings (SSSR count). The Balaban J connectivity index is 1.86. The summed E-state index contributed by atoms with van der Waals surface area (Å²) < 4.78 is 1.56. The number of aromatic nitrogens is 2. The van der Waals surface area contributed by atoms with E-state index in [2.05, 4.69) is 21.3 Å². The maximum atomic E-state index is 13.0. The monoisotopic (exact) mass is 432 g/mol. The fourth-order valence-corrected chi connectivity index (χ4v) is 4.45. The van der Waals surface area contributed by atoms with Gasteiger partial charge in [0.05, 0.1) is 6.54 Å². The molecular formula is C24H21ClN4O2. The number of hydrogen-bond acceptors (Lipinski definition) is 3. The van der Waals surface area contributed by atoms with E-state index in [-0.39, 0.29) is 11.5 Å². The second kappa shape index (κ2) is 7.32. The topological polar surface area (TPSA) is 70.1 Å².